The van der Waals surface area contributed by atoms with Crippen molar-refractivity contribution < 1.29 is 23.9 Å². The van der Waals surface area contributed by atoms with Crippen LogP contribution in [0.25, 0.3) is 0 Å². The van der Waals surface area contributed by atoms with Crippen molar-refractivity contribution in [1.29, 1.82) is 5.26 Å². The SMILES string of the molecule is COc1cccc(C(=O)NCC(=O)OCC(=O)Nc2ccc(SC#N)cc2C)c1. The van der Waals surface area contributed by atoms with Crippen LogP contribution in [0.3, 0.4) is 0 Å². The monoisotopic (exact) mass is 413 g/mol. The van der Waals surface area contributed by atoms with Gasteiger partial charge < -0.3 is 20.1 Å². The van der Waals surface area contributed by atoms with E-state index in [0.29, 0.717) is 17.0 Å². The van der Waals surface area contributed by atoms with Gasteiger partial charge in [-0.3, -0.25) is 14.4 Å². The van der Waals surface area contributed by atoms with E-state index in [1.807, 2.05) is 5.40 Å². The number of nitrogens with zero attached hydrogens (tertiary/aromatic N) is 1. The van der Waals surface area contributed by atoms with Gasteiger partial charge in [-0.25, -0.2) is 0 Å². The molecule has 0 bridgehead atoms. The molecule has 0 unspecified atom stereocenters. The number of methoxy groups -OCH3 is 1. The lowest BCUT2D eigenvalue weighted by molar-refractivity contribution is -0.146. The van der Waals surface area contributed by atoms with Crippen LogP contribution in [0, 0.1) is 17.6 Å². The second kappa shape index (κ2) is 10.7. The molecule has 0 radical (unpaired) electrons. The zero-order valence-electron chi connectivity index (χ0n) is 15.9. The largest absolute Gasteiger partial charge is 0.497 e. The topological polar surface area (TPSA) is 118 Å². The lowest BCUT2D eigenvalue weighted by Gasteiger charge is -2.10. The summed E-state index contributed by atoms with van der Waals surface area (Å²) in [6, 6.07) is 11.6. The second-order valence-corrected chi connectivity index (χ2v) is 6.65. The molecule has 0 atom stereocenters. The first-order chi connectivity index (χ1) is 13.9. The molecule has 2 rings (SSSR count). The molecule has 8 nitrogen and oxygen atoms in total. The predicted molar refractivity (Wildman–Crippen MR) is 108 cm³/mol. The number of amides is 2. The number of hydrogen-bond acceptors (Lipinski definition) is 7. The molecule has 29 heavy (non-hydrogen) atoms. The molecular formula is C20H19N3O5S. The van der Waals surface area contributed by atoms with E-state index in [0.717, 1.165) is 22.2 Å². The number of benzene rings is 2. The Balaban J connectivity index is 1.78. The van der Waals surface area contributed by atoms with Gasteiger partial charge in [-0.2, -0.15) is 5.26 Å². The minimum absolute atomic E-state index is 0.336. The number of esters is 1. The Kier molecular flexibility index (Phi) is 8.06. The molecule has 0 fully saturated rings. The summed E-state index contributed by atoms with van der Waals surface area (Å²) in [7, 11) is 1.49. The molecule has 9 heteroatoms. The zero-order valence-corrected chi connectivity index (χ0v) is 16.7. The van der Waals surface area contributed by atoms with Crippen molar-refractivity contribution in [3.63, 3.8) is 0 Å². The molecule has 2 aromatic rings. The maximum Gasteiger partial charge on any atom is 0.325 e. The number of carbonyl (C=O) groups excluding carboxylic acids is 3. The fraction of sp³-hybridized carbons (Fsp3) is 0.200. The predicted octanol–water partition coefficient (Wildman–Crippen LogP) is 2.49. The molecule has 0 aromatic heterocycles. The molecule has 0 aliphatic heterocycles. The Morgan fingerprint density at radius 1 is 1.17 bits per heavy atom. The van der Waals surface area contributed by atoms with Crippen molar-refractivity contribution >= 4 is 35.2 Å². The van der Waals surface area contributed by atoms with E-state index in [2.05, 4.69) is 10.6 Å². The van der Waals surface area contributed by atoms with Crippen molar-refractivity contribution in [2.75, 3.05) is 25.6 Å². The van der Waals surface area contributed by atoms with Crippen LogP contribution in [0.2, 0.25) is 0 Å². The molecule has 2 aromatic carbocycles. The fourth-order valence-corrected chi connectivity index (χ4v) is 2.77. The molecule has 0 saturated heterocycles. The van der Waals surface area contributed by atoms with Crippen LogP contribution in [0.15, 0.2) is 47.4 Å². The van der Waals surface area contributed by atoms with Crippen LogP contribution in [0.5, 0.6) is 5.75 Å². The van der Waals surface area contributed by atoms with Gasteiger partial charge in [0.15, 0.2) is 6.61 Å². The first-order valence-electron chi connectivity index (χ1n) is 8.47. The van der Waals surface area contributed by atoms with Gasteiger partial charge in [0.25, 0.3) is 11.8 Å². The maximum atomic E-state index is 12.0. The van der Waals surface area contributed by atoms with Gasteiger partial charge >= 0.3 is 5.97 Å². The minimum atomic E-state index is -0.742. The normalized spacial score (nSPS) is 9.83. The van der Waals surface area contributed by atoms with Crippen molar-refractivity contribution in [3.05, 3.63) is 53.6 Å². The number of thiocyanates is 1. The molecule has 0 spiro atoms. The highest BCUT2D eigenvalue weighted by atomic mass is 32.2. The highest BCUT2D eigenvalue weighted by molar-refractivity contribution is 8.03. The summed E-state index contributed by atoms with van der Waals surface area (Å²) < 4.78 is 9.91. The Hall–Kier alpha value is -3.51. The summed E-state index contributed by atoms with van der Waals surface area (Å²) in [6.45, 7) is 0.932. The van der Waals surface area contributed by atoms with Gasteiger partial charge in [0.05, 0.1) is 7.11 Å². The summed E-state index contributed by atoms with van der Waals surface area (Å²) in [5, 5.41) is 15.7. The summed E-state index contributed by atoms with van der Waals surface area (Å²) in [5.41, 5.74) is 1.67. The summed E-state index contributed by atoms with van der Waals surface area (Å²) in [4.78, 5) is 36.5. The molecule has 150 valence electrons. The Bertz CT molecular complexity index is 955. The van der Waals surface area contributed by atoms with Gasteiger partial charge in [0.2, 0.25) is 0 Å². The number of anilines is 1. The van der Waals surface area contributed by atoms with E-state index in [4.69, 9.17) is 14.7 Å². The Morgan fingerprint density at radius 3 is 2.66 bits per heavy atom. The van der Waals surface area contributed by atoms with Gasteiger partial charge in [-0.05, 0) is 60.6 Å². The molecular weight excluding hydrogens is 394 g/mol. The Morgan fingerprint density at radius 2 is 1.97 bits per heavy atom. The summed E-state index contributed by atoms with van der Waals surface area (Å²) in [5.74, 6) is -1.20. The molecule has 2 amide bonds. The van der Waals surface area contributed by atoms with E-state index in [1.54, 1.807) is 43.3 Å². The minimum Gasteiger partial charge on any atom is -0.497 e. The van der Waals surface area contributed by atoms with E-state index in [1.165, 1.54) is 13.2 Å². The van der Waals surface area contributed by atoms with Crippen LogP contribution in [-0.4, -0.2) is 38.0 Å². The molecule has 0 aliphatic rings. The van der Waals surface area contributed by atoms with Crippen LogP contribution in [0.1, 0.15) is 15.9 Å². The van der Waals surface area contributed by atoms with E-state index in [9.17, 15) is 14.4 Å². The van der Waals surface area contributed by atoms with E-state index < -0.39 is 24.4 Å². The average molecular weight is 413 g/mol. The quantitative estimate of drug-likeness (QED) is 0.388. The number of aryl methyl sites for hydroxylation is 1. The smallest absolute Gasteiger partial charge is 0.325 e. The maximum absolute atomic E-state index is 12.0. The summed E-state index contributed by atoms with van der Waals surface area (Å²) in [6.07, 6.45) is 0. The van der Waals surface area contributed by atoms with Crippen molar-refractivity contribution in [1.82, 2.24) is 5.32 Å². The molecule has 0 aliphatic carbocycles. The second-order valence-electron chi connectivity index (χ2n) is 5.79. The van der Waals surface area contributed by atoms with Gasteiger partial charge in [0.1, 0.15) is 17.7 Å². The third-order valence-corrected chi connectivity index (χ3v) is 4.31. The number of nitriles is 1. The lowest BCUT2D eigenvalue weighted by atomic mass is 10.2. The standard InChI is InChI=1S/C20H19N3O5S/c1-13-8-16(29-12-21)6-7-17(13)23-18(24)11-28-19(25)10-22-20(26)14-4-3-5-15(9-14)27-2/h3-9H,10-11H2,1-2H3,(H,22,26)(H,23,24). The highest BCUT2D eigenvalue weighted by Gasteiger charge is 2.12. The zero-order chi connectivity index (χ0) is 21.2. The number of ether oxygens (including phenoxy) is 2. The van der Waals surface area contributed by atoms with Crippen LogP contribution in [0.4, 0.5) is 5.69 Å². The van der Waals surface area contributed by atoms with Gasteiger partial charge in [0, 0.05) is 16.1 Å². The Labute approximate surface area is 172 Å². The number of carbonyl (C=O) groups is 3. The first kappa shape index (κ1) is 21.8. The van der Waals surface area contributed by atoms with E-state index >= 15 is 0 Å². The van der Waals surface area contributed by atoms with Crippen LogP contribution < -0.4 is 15.4 Å². The van der Waals surface area contributed by atoms with Gasteiger partial charge in [-0.15, -0.1) is 0 Å². The third kappa shape index (κ3) is 6.86. The lowest BCUT2D eigenvalue weighted by Crippen LogP contribution is -2.32. The third-order valence-electron chi connectivity index (χ3n) is 3.72. The first-order valence-corrected chi connectivity index (χ1v) is 9.29. The number of hydrogen-bond donors (Lipinski definition) is 2. The van der Waals surface area contributed by atoms with Crippen LogP contribution >= 0.6 is 11.8 Å². The van der Waals surface area contributed by atoms with Crippen molar-refractivity contribution in [2.45, 2.75) is 11.8 Å². The number of thioether (sulfide) groups is 1. The number of rotatable bonds is 8. The molecule has 0 heterocycles. The molecule has 0 saturated carbocycles. The molecule has 2 N–H and O–H groups in total. The van der Waals surface area contributed by atoms with Crippen molar-refractivity contribution in [2.24, 2.45) is 0 Å². The highest BCUT2D eigenvalue weighted by Crippen LogP contribution is 2.23. The fourth-order valence-electron chi connectivity index (χ4n) is 2.29. The van der Waals surface area contributed by atoms with Gasteiger partial charge in [-0.1, -0.05) is 6.07 Å². The number of nitrogens with one attached hydrogen (secondary N) is 2. The van der Waals surface area contributed by atoms with Crippen LogP contribution in [-0.2, 0) is 14.3 Å². The summed E-state index contributed by atoms with van der Waals surface area (Å²) >= 11 is 1.02. The average Bonchev–Trinajstić information content (AvgIpc) is 2.72. The van der Waals surface area contributed by atoms with Crippen molar-refractivity contribution in [3.8, 4) is 11.2 Å². The van der Waals surface area contributed by atoms with E-state index in [-0.39, 0.29) is 6.54 Å².